The number of halogens is 2. The van der Waals surface area contributed by atoms with Gasteiger partial charge in [-0.3, -0.25) is 4.68 Å². The molecule has 6 nitrogen and oxygen atoms in total. The number of aromatic nitrogens is 2. The van der Waals surface area contributed by atoms with Crippen molar-refractivity contribution in [1.82, 2.24) is 9.78 Å². The average Bonchev–Trinajstić information content (AvgIpc) is 3.21. The summed E-state index contributed by atoms with van der Waals surface area (Å²) < 4.78 is 31.6. The molecule has 2 aromatic carbocycles. The maximum Gasteiger partial charge on any atom is 0.371 e. The number of methoxy groups -OCH3 is 2. The summed E-state index contributed by atoms with van der Waals surface area (Å²) in [5.74, 6) is -2.91. The van der Waals surface area contributed by atoms with Crippen LogP contribution < -0.4 is 4.74 Å². The van der Waals surface area contributed by atoms with Crippen LogP contribution in [0.15, 0.2) is 54.6 Å². The Morgan fingerprint density at radius 1 is 1.16 bits per heavy atom. The molecule has 164 valence electrons. The van der Waals surface area contributed by atoms with E-state index in [1.807, 2.05) is 48.5 Å². The van der Waals surface area contributed by atoms with Crippen LogP contribution in [0.1, 0.15) is 24.6 Å². The van der Waals surface area contributed by atoms with Crippen molar-refractivity contribution in [2.45, 2.75) is 32.4 Å². The third kappa shape index (κ3) is 5.24. The van der Waals surface area contributed by atoms with Gasteiger partial charge in [-0.2, -0.15) is 9.49 Å². The van der Waals surface area contributed by atoms with Gasteiger partial charge in [0.05, 0.1) is 38.8 Å². The predicted octanol–water partition coefficient (Wildman–Crippen LogP) is 5.03. The highest BCUT2D eigenvalue weighted by molar-refractivity contribution is 6.31. The van der Waals surface area contributed by atoms with E-state index in [4.69, 9.17) is 21.1 Å². The van der Waals surface area contributed by atoms with Crippen LogP contribution in [0.4, 0.5) is 4.39 Å². The third-order valence-electron chi connectivity index (χ3n) is 4.87. The Bertz CT molecular complexity index is 1060. The molecule has 0 radical (unpaired) electrons. The first-order valence-electron chi connectivity index (χ1n) is 9.76. The Morgan fingerprint density at radius 3 is 2.61 bits per heavy atom. The van der Waals surface area contributed by atoms with Gasteiger partial charge in [-0.1, -0.05) is 48.9 Å². The number of hydrogen-bond acceptors (Lipinski definition) is 5. The molecular weight excluding hydrogens is 423 g/mol. The number of hydrogen-bond donors (Lipinski definition) is 0. The predicted molar refractivity (Wildman–Crippen MR) is 116 cm³/mol. The summed E-state index contributed by atoms with van der Waals surface area (Å²) in [4.78, 5) is 11.8. The molecule has 0 aliphatic heterocycles. The molecule has 1 aromatic heterocycles. The molecule has 0 saturated heterocycles. The Labute approximate surface area is 185 Å². The molecular formula is C23H24ClFN2O4. The van der Waals surface area contributed by atoms with E-state index >= 15 is 0 Å². The van der Waals surface area contributed by atoms with Gasteiger partial charge >= 0.3 is 11.8 Å². The zero-order valence-corrected chi connectivity index (χ0v) is 18.4. The Hall–Kier alpha value is -2.90. The van der Waals surface area contributed by atoms with Crippen molar-refractivity contribution in [2.75, 3.05) is 14.2 Å². The second kappa shape index (κ2) is 9.94. The van der Waals surface area contributed by atoms with Crippen LogP contribution in [0.5, 0.6) is 5.75 Å². The van der Waals surface area contributed by atoms with Gasteiger partial charge in [0, 0.05) is 17.0 Å². The smallest absolute Gasteiger partial charge is 0.371 e. The van der Waals surface area contributed by atoms with Crippen molar-refractivity contribution in [3.8, 4) is 17.0 Å². The van der Waals surface area contributed by atoms with Crippen molar-refractivity contribution in [3.63, 3.8) is 0 Å². The number of alkyl halides is 1. The topological polar surface area (TPSA) is 62.6 Å². The maximum absolute atomic E-state index is 14.8. The quantitative estimate of drug-likeness (QED) is 0.431. The number of carbonyl (C=O) groups excluding carboxylic acids is 1. The van der Waals surface area contributed by atoms with Crippen molar-refractivity contribution >= 4 is 17.6 Å². The highest BCUT2D eigenvalue weighted by Crippen LogP contribution is 2.28. The molecule has 1 atom stereocenters. The molecule has 0 unspecified atom stereocenters. The van der Waals surface area contributed by atoms with Crippen LogP contribution in [0.3, 0.4) is 0 Å². The normalized spacial score (nSPS) is 12.9. The third-order valence-corrected chi connectivity index (χ3v) is 5.24. The number of carbonyl (C=O) groups is 1. The van der Waals surface area contributed by atoms with E-state index in [0.29, 0.717) is 23.0 Å². The molecule has 0 aliphatic carbocycles. The zero-order chi connectivity index (χ0) is 22.4. The van der Waals surface area contributed by atoms with Gasteiger partial charge in [0.1, 0.15) is 5.75 Å². The van der Waals surface area contributed by atoms with Gasteiger partial charge in [0.25, 0.3) is 0 Å². The summed E-state index contributed by atoms with van der Waals surface area (Å²) in [6.45, 7) is 1.71. The molecule has 3 aromatic rings. The Balaban J connectivity index is 1.95. The Kier molecular flexibility index (Phi) is 7.30. The lowest BCUT2D eigenvalue weighted by Crippen LogP contribution is -2.37. The molecule has 0 saturated carbocycles. The molecule has 0 amide bonds. The number of benzene rings is 2. The van der Waals surface area contributed by atoms with E-state index in [1.54, 1.807) is 17.9 Å². The van der Waals surface area contributed by atoms with Crippen molar-refractivity contribution in [1.29, 1.82) is 0 Å². The number of ether oxygens (including phenoxy) is 3. The van der Waals surface area contributed by atoms with E-state index in [1.165, 1.54) is 6.92 Å². The highest BCUT2D eigenvalue weighted by atomic mass is 35.5. The number of rotatable bonds is 9. The summed E-state index contributed by atoms with van der Waals surface area (Å²) in [5.41, 5.74) is 2.98. The molecule has 31 heavy (non-hydrogen) atoms. The first-order valence-corrected chi connectivity index (χ1v) is 10.1. The van der Waals surface area contributed by atoms with E-state index in [2.05, 4.69) is 9.84 Å². The minimum absolute atomic E-state index is 0.178. The van der Waals surface area contributed by atoms with Crippen LogP contribution in [-0.2, 0) is 27.4 Å². The molecule has 0 bridgehead atoms. The lowest BCUT2D eigenvalue weighted by atomic mass is 10.1. The first kappa shape index (κ1) is 22.8. The van der Waals surface area contributed by atoms with E-state index in [9.17, 15) is 9.18 Å². The lowest BCUT2D eigenvalue weighted by Gasteiger charge is -2.20. The van der Waals surface area contributed by atoms with E-state index < -0.39 is 11.8 Å². The first-order chi connectivity index (χ1) is 14.9. The molecule has 3 rings (SSSR count). The van der Waals surface area contributed by atoms with Crippen LogP contribution in [-0.4, -0.2) is 35.8 Å². The van der Waals surface area contributed by atoms with E-state index in [-0.39, 0.29) is 13.0 Å². The molecule has 0 N–H and O–H groups in total. The standard InChI is InChI=1S/C23H24ClFN2O4/c1-4-23(25,22(28)30-3)31-15-18-13-21(16-9-7-10-19(12-16)29-2)27(26-18)14-17-8-5-6-11-20(17)24/h5-13H,4,14-15H2,1-3H3/t23-/m0/s1. The zero-order valence-electron chi connectivity index (χ0n) is 17.6. The minimum Gasteiger partial charge on any atom is -0.497 e. The number of esters is 1. The van der Waals surface area contributed by atoms with Gasteiger partial charge in [-0.15, -0.1) is 0 Å². The monoisotopic (exact) mass is 446 g/mol. The molecule has 1 heterocycles. The summed E-state index contributed by atoms with van der Waals surface area (Å²) >= 11 is 6.33. The fourth-order valence-corrected chi connectivity index (χ4v) is 3.31. The van der Waals surface area contributed by atoms with Crippen LogP contribution in [0, 0.1) is 0 Å². The van der Waals surface area contributed by atoms with Gasteiger partial charge in [-0.25, -0.2) is 4.79 Å². The van der Waals surface area contributed by atoms with Gasteiger partial charge in [0.2, 0.25) is 0 Å². The van der Waals surface area contributed by atoms with Crippen LogP contribution in [0.25, 0.3) is 11.3 Å². The van der Waals surface area contributed by atoms with Crippen molar-refractivity contribution in [2.24, 2.45) is 0 Å². The second-order valence-corrected chi connectivity index (χ2v) is 7.27. The van der Waals surface area contributed by atoms with Crippen molar-refractivity contribution in [3.05, 3.63) is 70.9 Å². The van der Waals surface area contributed by atoms with Crippen LogP contribution >= 0.6 is 11.6 Å². The molecule has 0 aliphatic rings. The summed E-state index contributed by atoms with van der Waals surface area (Å²) in [6.07, 6.45) is -0.178. The maximum atomic E-state index is 14.8. The SMILES string of the molecule is CC[C@](F)(OCc1cc(-c2cccc(OC)c2)n(Cc2ccccc2Cl)n1)C(=O)OC. The van der Waals surface area contributed by atoms with Gasteiger partial charge < -0.3 is 14.2 Å². The fraction of sp³-hybridized carbons (Fsp3) is 0.304. The molecule has 0 spiro atoms. The lowest BCUT2D eigenvalue weighted by molar-refractivity contribution is -0.203. The molecule has 8 heteroatoms. The average molecular weight is 447 g/mol. The largest absolute Gasteiger partial charge is 0.497 e. The van der Waals surface area contributed by atoms with Gasteiger partial charge in [-0.05, 0) is 29.8 Å². The molecule has 0 fully saturated rings. The second-order valence-electron chi connectivity index (χ2n) is 6.86. The summed E-state index contributed by atoms with van der Waals surface area (Å²) in [7, 11) is 2.72. The fourth-order valence-electron chi connectivity index (χ4n) is 3.11. The van der Waals surface area contributed by atoms with E-state index in [0.717, 1.165) is 23.9 Å². The summed E-state index contributed by atoms with van der Waals surface area (Å²) in [6, 6.07) is 16.8. The van der Waals surface area contributed by atoms with Crippen LogP contribution in [0.2, 0.25) is 5.02 Å². The minimum atomic E-state index is -2.53. The number of nitrogens with zero attached hydrogens (tertiary/aromatic N) is 2. The van der Waals surface area contributed by atoms with Crippen molar-refractivity contribution < 1.29 is 23.4 Å². The Morgan fingerprint density at radius 2 is 1.94 bits per heavy atom. The van der Waals surface area contributed by atoms with Gasteiger partial charge in [0.15, 0.2) is 0 Å². The summed E-state index contributed by atoms with van der Waals surface area (Å²) in [5, 5.41) is 5.19. The highest BCUT2D eigenvalue weighted by Gasteiger charge is 2.39.